The Morgan fingerprint density at radius 2 is 2.19 bits per heavy atom. The Kier molecular flexibility index (Phi) is 5.79. The van der Waals surface area contributed by atoms with Crippen molar-refractivity contribution >= 4 is 21.4 Å². The first-order valence-electron chi connectivity index (χ1n) is 7.43. The van der Waals surface area contributed by atoms with E-state index < -0.39 is 10.0 Å². The van der Waals surface area contributed by atoms with E-state index in [0.717, 1.165) is 18.0 Å². The fourth-order valence-corrected chi connectivity index (χ4v) is 4.51. The second-order valence-electron chi connectivity index (χ2n) is 5.63. The number of nitrogens with one attached hydrogen (secondary N) is 2. The van der Waals surface area contributed by atoms with Gasteiger partial charge in [0, 0.05) is 35.4 Å². The van der Waals surface area contributed by atoms with Gasteiger partial charge < -0.3 is 5.32 Å². The lowest BCUT2D eigenvalue weighted by molar-refractivity contribution is 0.248. The van der Waals surface area contributed by atoms with E-state index >= 15 is 0 Å². The van der Waals surface area contributed by atoms with Gasteiger partial charge in [-0.2, -0.15) is 0 Å². The van der Waals surface area contributed by atoms with E-state index in [1.54, 1.807) is 11.4 Å². The molecule has 7 heteroatoms. The SMILES string of the molecule is CCNCc1cc(S(=O)(=O)NCC(C)N(C)C2CC2)cs1. The highest BCUT2D eigenvalue weighted by molar-refractivity contribution is 7.89. The molecule has 1 fully saturated rings. The van der Waals surface area contributed by atoms with Crippen LogP contribution in [0.5, 0.6) is 0 Å². The molecule has 0 aromatic carbocycles. The van der Waals surface area contributed by atoms with Gasteiger partial charge in [-0.05, 0) is 39.4 Å². The third-order valence-electron chi connectivity index (χ3n) is 3.88. The van der Waals surface area contributed by atoms with E-state index in [1.165, 1.54) is 24.2 Å². The van der Waals surface area contributed by atoms with Gasteiger partial charge in [-0.3, -0.25) is 4.90 Å². The molecule has 1 saturated carbocycles. The molecule has 0 amide bonds. The normalized spacial score (nSPS) is 17.3. The van der Waals surface area contributed by atoms with Crippen molar-refractivity contribution in [3.8, 4) is 0 Å². The summed E-state index contributed by atoms with van der Waals surface area (Å²) < 4.78 is 27.3. The Bertz CT molecular complexity index is 552. The second kappa shape index (κ2) is 7.19. The van der Waals surface area contributed by atoms with Crippen LogP contribution in [0.25, 0.3) is 0 Å². The molecule has 1 aromatic heterocycles. The van der Waals surface area contributed by atoms with E-state index in [4.69, 9.17) is 0 Å². The summed E-state index contributed by atoms with van der Waals surface area (Å²) in [4.78, 5) is 3.68. The third-order valence-corrected chi connectivity index (χ3v) is 6.37. The minimum absolute atomic E-state index is 0.215. The van der Waals surface area contributed by atoms with Crippen molar-refractivity contribution in [3.05, 3.63) is 16.3 Å². The highest BCUT2D eigenvalue weighted by Gasteiger charge is 2.29. The molecule has 1 atom stereocenters. The lowest BCUT2D eigenvalue weighted by Gasteiger charge is -2.24. The first kappa shape index (κ1) is 16.9. The Morgan fingerprint density at radius 3 is 2.81 bits per heavy atom. The fraction of sp³-hybridized carbons (Fsp3) is 0.714. The molecule has 120 valence electrons. The average Bonchev–Trinajstić information content (AvgIpc) is 3.19. The van der Waals surface area contributed by atoms with Crippen LogP contribution in [-0.2, 0) is 16.6 Å². The molecule has 5 nitrogen and oxygen atoms in total. The van der Waals surface area contributed by atoms with Gasteiger partial charge in [0.25, 0.3) is 0 Å². The topological polar surface area (TPSA) is 61.4 Å². The van der Waals surface area contributed by atoms with Crippen molar-refractivity contribution in [3.63, 3.8) is 0 Å². The fourth-order valence-electron chi connectivity index (χ4n) is 2.14. The zero-order valence-electron chi connectivity index (χ0n) is 12.9. The van der Waals surface area contributed by atoms with Crippen molar-refractivity contribution in [1.82, 2.24) is 14.9 Å². The molecular weight excluding hydrogens is 306 g/mol. The first-order valence-corrected chi connectivity index (χ1v) is 9.80. The monoisotopic (exact) mass is 331 g/mol. The smallest absolute Gasteiger partial charge is 0.241 e. The summed E-state index contributed by atoms with van der Waals surface area (Å²) in [5.41, 5.74) is 0. The molecule has 0 spiro atoms. The quantitative estimate of drug-likeness (QED) is 0.722. The van der Waals surface area contributed by atoms with E-state index in [0.29, 0.717) is 17.5 Å². The van der Waals surface area contributed by atoms with Gasteiger partial charge >= 0.3 is 0 Å². The molecule has 0 radical (unpaired) electrons. The van der Waals surface area contributed by atoms with Crippen LogP contribution in [0.2, 0.25) is 0 Å². The van der Waals surface area contributed by atoms with Crippen LogP contribution in [0.15, 0.2) is 16.3 Å². The Morgan fingerprint density at radius 1 is 1.48 bits per heavy atom. The molecule has 2 rings (SSSR count). The summed E-state index contributed by atoms with van der Waals surface area (Å²) >= 11 is 1.48. The molecule has 1 aromatic rings. The van der Waals surface area contributed by atoms with Gasteiger partial charge in [0.15, 0.2) is 0 Å². The minimum Gasteiger partial charge on any atom is -0.312 e. The molecule has 0 saturated heterocycles. The molecule has 1 aliphatic rings. The van der Waals surface area contributed by atoms with Crippen LogP contribution in [-0.4, -0.2) is 45.5 Å². The number of nitrogens with zero attached hydrogens (tertiary/aromatic N) is 1. The van der Waals surface area contributed by atoms with Gasteiger partial charge in [0.05, 0.1) is 4.90 Å². The summed E-state index contributed by atoms with van der Waals surface area (Å²) in [6.45, 7) is 6.14. The number of rotatable bonds is 9. The Labute approximate surface area is 131 Å². The molecule has 1 aliphatic carbocycles. The van der Waals surface area contributed by atoms with Crippen LogP contribution in [0.4, 0.5) is 0 Å². The highest BCUT2D eigenvalue weighted by atomic mass is 32.2. The zero-order valence-corrected chi connectivity index (χ0v) is 14.6. The van der Waals surface area contributed by atoms with E-state index in [1.807, 2.05) is 6.92 Å². The van der Waals surface area contributed by atoms with Gasteiger partial charge in [-0.1, -0.05) is 6.92 Å². The van der Waals surface area contributed by atoms with E-state index in [2.05, 4.69) is 28.9 Å². The molecule has 0 aliphatic heterocycles. The molecule has 0 bridgehead atoms. The Hall–Kier alpha value is -0.470. The summed E-state index contributed by atoms with van der Waals surface area (Å²) in [5.74, 6) is 0. The predicted octanol–water partition coefficient (Wildman–Crippen LogP) is 1.62. The van der Waals surface area contributed by atoms with Crippen LogP contribution in [0, 0.1) is 0 Å². The van der Waals surface area contributed by atoms with Crippen molar-refractivity contribution in [1.29, 1.82) is 0 Å². The summed E-state index contributed by atoms with van der Waals surface area (Å²) in [6.07, 6.45) is 2.46. The summed E-state index contributed by atoms with van der Waals surface area (Å²) in [7, 11) is -1.33. The summed E-state index contributed by atoms with van der Waals surface area (Å²) in [6, 6.07) is 2.61. The van der Waals surface area contributed by atoms with Gasteiger partial charge in [-0.25, -0.2) is 13.1 Å². The van der Waals surface area contributed by atoms with E-state index in [9.17, 15) is 8.42 Å². The number of likely N-dealkylation sites (N-methyl/N-ethyl adjacent to an activating group) is 1. The average molecular weight is 332 g/mol. The van der Waals surface area contributed by atoms with Gasteiger partial charge in [0.2, 0.25) is 10.0 Å². The maximum atomic E-state index is 12.3. The number of hydrogen-bond donors (Lipinski definition) is 2. The lowest BCUT2D eigenvalue weighted by Crippen LogP contribution is -2.41. The van der Waals surface area contributed by atoms with Crippen molar-refractivity contribution in [2.45, 2.75) is 50.2 Å². The van der Waals surface area contributed by atoms with Crippen LogP contribution in [0.3, 0.4) is 0 Å². The van der Waals surface area contributed by atoms with Gasteiger partial charge in [-0.15, -0.1) is 11.3 Å². The van der Waals surface area contributed by atoms with Crippen LogP contribution in [0.1, 0.15) is 31.6 Å². The largest absolute Gasteiger partial charge is 0.312 e. The molecule has 21 heavy (non-hydrogen) atoms. The Balaban J connectivity index is 1.89. The van der Waals surface area contributed by atoms with Crippen molar-refractivity contribution in [2.75, 3.05) is 20.1 Å². The lowest BCUT2D eigenvalue weighted by atomic mass is 10.3. The number of hydrogen-bond acceptors (Lipinski definition) is 5. The van der Waals surface area contributed by atoms with Crippen molar-refractivity contribution in [2.24, 2.45) is 0 Å². The van der Waals surface area contributed by atoms with Crippen molar-refractivity contribution < 1.29 is 8.42 Å². The standard InChI is InChI=1S/C14H25N3O2S2/c1-4-15-9-13-7-14(10-20-13)21(18,19)16-8-11(2)17(3)12-5-6-12/h7,10-12,15-16H,4-6,8-9H2,1-3H3. The zero-order chi connectivity index (χ0) is 15.5. The maximum absolute atomic E-state index is 12.3. The van der Waals surface area contributed by atoms with Crippen LogP contribution < -0.4 is 10.0 Å². The molecule has 2 N–H and O–H groups in total. The molecule has 1 unspecified atom stereocenters. The third kappa shape index (κ3) is 4.75. The van der Waals surface area contributed by atoms with E-state index in [-0.39, 0.29) is 6.04 Å². The predicted molar refractivity (Wildman–Crippen MR) is 87.1 cm³/mol. The summed E-state index contributed by atoms with van der Waals surface area (Å²) in [5, 5.41) is 4.91. The second-order valence-corrected chi connectivity index (χ2v) is 8.39. The molecular formula is C14H25N3O2S2. The number of thiophene rings is 1. The maximum Gasteiger partial charge on any atom is 0.241 e. The minimum atomic E-state index is -3.39. The first-order chi connectivity index (χ1) is 9.94. The number of sulfonamides is 1. The van der Waals surface area contributed by atoms with Gasteiger partial charge in [0.1, 0.15) is 0 Å². The highest BCUT2D eigenvalue weighted by Crippen LogP contribution is 2.27. The van der Waals surface area contributed by atoms with Crippen LogP contribution >= 0.6 is 11.3 Å². The molecule has 1 heterocycles.